The fourth-order valence-electron chi connectivity index (χ4n) is 1.91. The Bertz CT molecular complexity index is 477. The van der Waals surface area contributed by atoms with E-state index in [1.807, 2.05) is 12.2 Å². The van der Waals surface area contributed by atoms with Crippen LogP contribution in [0.15, 0.2) is 47.3 Å². The molecule has 18 heavy (non-hydrogen) atoms. The van der Waals surface area contributed by atoms with E-state index >= 15 is 0 Å². The van der Waals surface area contributed by atoms with Crippen LogP contribution in [-0.4, -0.2) is 34.7 Å². The molecule has 2 aliphatic heterocycles. The molecule has 0 aromatic carbocycles. The third-order valence-corrected chi connectivity index (χ3v) is 3.03. The minimum absolute atomic E-state index is 0.205. The molecule has 2 heterocycles. The van der Waals surface area contributed by atoms with Crippen molar-refractivity contribution in [3.05, 3.63) is 47.3 Å². The molecule has 0 spiro atoms. The Kier molecular flexibility index (Phi) is 3.89. The number of halogens is 1. The summed E-state index contributed by atoms with van der Waals surface area (Å²) in [5.41, 5.74) is 1.79. The van der Waals surface area contributed by atoms with Gasteiger partial charge in [0.05, 0.1) is 12.2 Å². The van der Waals surface area contributed by atoms with Crippen LogP contribution in [0.25, 0.3) is 0 Å². The smallest absolute Gasteiger partial charge is 0.338 e. The van der Waals surface area contributed by atoms with Gasteiger partial charge in [0.2, 0.25) is 0 Å². The molecule has 0 saturated carbocycles. The number of esters is 1. The number of carbonyl (C=O) groups excluding carboxylic acids is 1. The Balaban J connectivity index is 2.40. The minimum atomic E-state index is -1.03. The number of fused-ring (bicyclic) bond motifs is 1. The van der Waals surface area contributed by atoms with Crippen molar-refractivity contribution in [1.29, 1.82) is 0 Å². The highest BCUT2D eigenvalue weighted by molar-refractivity contribution is 6.20. The van der Waals surface area contributed by atoms with Crippen LogP contribution in [0, 0.1) is 0 Å². The standard InChI is InChI=1S/C13H14ClNO3/c1-2-18-13(17)10-7-9(8-14)11-5-3-4-6-15(11)12(10)16/h3-7,12,16H,2,8H2,1H3. The van der Waals surface area contributed by atoms with E-state index in [2.05, 4.69) is 0 Å². The maximum Gasteiger partial charge on any atom is 0.338 e. The van der Waals surface area contributed by atoms with Gasteiger partial charge < -0.3 is 14.7 Å². The number of carbonyl (C=O) groups is 1. The molecule has 0 saturated heterocycles. The number of hydrogen-bond donors (Lipinski definition) is 1. The zero-order valence-electron chi connectivity index (χ0n) is 9.97. The Hall–Kier alpha value is -1.52. The first-order valence-electron chi connectivity index (χ1n) is 5.68. The number of aliphatic hydroxyl groups is 1. The van der Waals surface area contributed by atoms with Gasteiger partial charge in [-0.25, -0.2) is 4.79 Å². The van der Waals surface area contributed by atoms with Crippen molar-refractivity contribution in [2.75, 3.05) is 12.5 Å². The van der Waals surface area contributed by atoms with Gasteiger partial charge in [-0.3, -0.25) is 0 Å². The van der Waals surface area contributed by atoms with Crippen molar-refractivity contribution in [3.63, 3.8) is 0 Å². The van der Waals surface area contributed by atoms with Gasteiger partial charge in [0.25, 0.3) is 0 Å². The van der Waals surface area contributed by atoms with Crippen molar-refractivity contribution in [1.82, 2.24) is 4.90 Å². The van der Waals surface area contributed by atoms with E-state index in [4.69, 9.17) is 16.3 Å². The quantitative estimate of drug-likeness (QED) is 0.624. The summed E-state index contributed by atoms with van der Waals surface area (Å²) in [4.78, 5) is 13.4. The molecule has 0 bridgehead atoms. The molecule has 0 radical (unpaired) electrons. The van der Waals surface area contributed by atoms with Gasteiger partial charge in [0, 0.05) is 17.8 Å². The molecule has 5 heteroatoms. The average Bonchev–Trinajstić information content (AvgIpc) is 2.40. The highest BCUT2D eigenvalue weighted by atomic mass is 35.5. The van der Waals surface area contributed by atoms with E-state index in [1.54, 1.807) is 30.2 Å². The summed E-state index contributed by atoms with van der Waals surface area (Å²) >= 11 is 5.87. The van der Waals surface area contributed by atoms with Crippen molar-refractivity contribution < 1.29 is 14.6 Å². The lowest BCUT2D eigenvalue weighted by molar-refractivity contribution is -0.140. The lowest BCUT2D eigenvalue weighted by atomic mass is 10.0. The summed E-state index contributed by atoms with van der Waals surface area (Å²) in [5, 5.41) is 10.2. The van der Waals surface area contributed by atoms with Gasteiger partial charge in [-0.15, -0.1) is 11.6 Å². The first kappa shape index (κ1) is 12.9. The molecule has 0 aromatic heterocycles. The van der Waals surface area contributed by atoms with Crippen LogP contribution in [0.1, 0.15) is 6.92 Å². The Morgan fingerprint density at radius 3 is 3.00 bits per heavy atom. The second-order valence-electron chi connectivity index (χ2n) is 3.85. The first-order chi connectivity index (χ1) is 8.69. The summed E-state index contributed by atoms with van der Waals surface area (Å²) in [6.07, 6.45) is 7.76. The lowest BCUT2D eigenvalue weighted by Crippen LogP contribution is -2.38. The molecule has 1 atom stereocenters. The van der Waals surface area contributed by atoms with E-state index < -0.39 is 12.2 Å². The van der Waals surface area contributed by atoms with Crippen molar-refractivity contribution >= 4 is 17.6 Å². The van der Waals surface area contributed by atoms with E-state index in [-0.39, 0.29) is 18.1 Å². The lowest BCUT2D eigenvalue weighted by Gasteiger charge is -2.34. The van der Waals surface area contributed by atoms with E-state index in [9.17, 15) is 9.90 Å². The Morgan fingerprint density at radius 2 is 2.33 bits per heavy atom. The maximum absolute atomic E-state index is 11.8. The molecule has 0 fully saturated rings. The monoisotopic (exact) mass is 267 g/mol. The number of allylic oxidation sites excluding steroid dienone is 5. The molecule has 2 rings (SSSR count). The number of ether oxygens (including phenoxy) is 1. The molecule has 96 valence electrons. The minimum Gasteiger partial charge on any atom is -0.463 e. The molecule has 4 nitrogen and oxygen atoms in total. The zero-order valence-corrected chi connectivity index (χ0v) is 10.7. The number of nitrogens with zero attached hydrogens (tertiary/aromatic N) is 1. The summed E-state index contributed by atoms with van der Waals surface area (Å²) in [6.45, 7) is 1.99. The Morgan fingerprint density at radius 1 is 1.56 bits per heavy atom. The van der Waals surface area contributed by atoms with Gasteiger partial charge in [-0.1, -0.05) is 6.08 Å². The zero-order chi connectivity index (χ0) is 13.1. The van der Waals surface area contributed by atoms with Crippen LogP contribution >= 0.6 is 11.6 Å². The van der Waals surface area contributed by atoms with Crippen LogP contribution in [0.5, 0.6) is 0 Å². The van der Waals surface area contributed by atoms with Crippen LogP contribution in [-0.2, 0) is 9.53 Å². The molecule has 0 aromatic rings. The molecular weight excluding hydrogens is 254 g/mol. The normalized spacial score (nSPS) is 21.8. The molecule has 0 aliphatic carbocycles. The van der Waals surface area contributed by atoms with Crippen molar-refractivity contribution in [2.24, 2.45) is 0 Å². The first-order valence-corrected chi connectivity index (χ1v) is 6.21. The van der Waals surface area contributed by atoms with Crippen molar-refractivity contribution in [2.45, 2.75) is 13.2 Å². The van der Waals surface area contributed by atoms with Gasteiger partial charge in [0.15, 0.2) is 6.23 Å². The van der Waals surface area contributed by atoms with Crippen LogP contribution in [0.2, 0.25) is 0 Å². The third kappa shape index (κ3) is 2.21. The van der Waals surface area contributed by atoms with Crippen molar-refractivity contribution in [3.8, 4) is 0 Å². The summed E-state index contributed by atoms with van der Waals surface area (Å²) in [5.74, 6) is -0.255. The maximum atomic E-state index is 11.8. The van der Waals surface area contributed by atoms with E-state index in [0.29, 0.717) is 0 Å². The summed E-state index contributed by atoms with van der Waals surface area (Å²) in [6, 6.07) is 0. The largest absolute Gasteiger partial charge is 0.463 e. The Labute approximate surface area is 110 Å². The second-order valence-corrected chi connectivity index (χ2v) is 4.11. The fraction of sp³-hybridized carbons (Fsp3) is 0.308. The third-order valence-electron chi connectivity index (χ3n) is 2.75. The molecule has 0 amide bonds. The van der Waals surface area contributed by atoms with Crippen LogP contribution in [0.4, 0.5) is 0 Å². The van der Waals surface area contributed by atoms with Gasteiger partial charge in [0.1, 0.15) is 0 Å². The highest BCUT2D eigenvalue weighted by Gasteiger charge is 2.31. The van der Waals surface area contributed by atoms with Gasteiger partial charge in [-0.2, -0.15) is 0 Å². The topological polar surface area (TPSA) is 49.8 Å². The fourth-order valence-corrected chi connectivity index (χ4v) is 2.13. The number of aliphatic hydroxyl groups excluding tert-OH is 1. The molecule has 1 N–H and O–H groups in total. The number of hydrogen-bond acceptors (Lipinski definition) is 4. The molecule has 1 unspecified atom stereocenters. The van der Waals surface area contributed by atoms with Gasteiger partial charge >= 0.3 is 5.97 Å². The van der Waals surface area contributed by atoms with E-state index in [1.165, 1.54) is 0 Å². The molecular formula is C13H14ClNO3. The average molecular weight is 268 g/mol. The highest BCUT2D eigenvalue weighted by Crippen LogP contribution is 2.29. The predicted molar refractivity (Wildman–Crippen MR) is 68.6 cm³/mol. The SMILES string of the molecule is CCOC(=O)C1=CC(CCl)=C2C=CC=CN2C1O. The summed E-state index contributed by atoms with van der Waals surface area (Å²) in [7, 11) is 0. The van der Waals surface area contributed by atoms with Gasteiger partial charge in [-0.05, 0) is 30.7 Å². The predicted octanol–water partition coefficient (Wildman–Crippen LogP) is 1.69. The number of rotatable bonds is 3. The molecule has 2 aliphatic rings. The van der Waals surface area contributed by atoms with Crippen LogP contribution < -0.4 is 0 Å². The summed E-state index contributed by atoms with van der Waals surface area (Å²) < 4.78 is 4.92. The second kappa shape index (κ2) is 5.42. The van der Waals surface area contributed by atoms with Crippen LogP contribution in [0.3, 0.4) is 0 Å². The number of alkyl halides is 1. The van der Waals surface area contributed by atoms with E-state index in [0.717, 1.165) is 11.3 Å².